The van der Waals surface area contributed by atoms with Crippen molar-refractivity contribution < 1.29 is 4.79 Å². The lowest BCUT2D eigenvalue weighted by Gasteiger charge is -2.11. The van der Waals surface area contributed by atoms with Gasteiger partial charge in [-0.2, -0.15) is 0 Å². The van der Waals surface area contributed by atoms with E-state index in [9.17, 15) is 4.79 Å². The maximum Gasteiger partial charge on any atom is 0.220 e. The molecular weight excluding hydrogens is 272 g/mol. The maximum atomic E-state index is 11.7. The standard InChI is InChI=1S/C16H24N2O.ClH/c1-2-12-3-5-13(6-4-12)7-10-16(19)18-11-15(17)14-8-9-14;/h3-6,14-15H,2,7-11,17H2,1H3,(H,18,19);1H. The fourth-order valence-corrected chi connectivity index (χ4v) is 2.21. The Morgan fingerprint density at radius 3 is 2.45 bits per heavy atom. The molecule has 0 radical (unpaired) electrons. The summed E-state index contributed by atoms with van der Waals surface area (Å²) in [6, 6.07) is 8.64. The van der Waals surface area contributed by atoms with Gasteiger partial charge in [-0.05, 0) is 42.7 Å². The van der Waals surface area contributed by atoms with Crippen LogP contribution in [-0.2, 0) is 17.6 Å². The molecule has 1 aliphatic rings. The van der Waals surface area contributed by atoms with Crippen molar-refractivity contribution in [1.29, 1.82) is 0 Å². The first-order valence-electron chi connectivity index (χ1n) is 7.29. The summed E-state index contributed by atoms with van der Waals surface area (Å²) in [5.41, 5.74) is 8.51. The molecule has 1 atom stereocenters. The highest BCUT2D eigenvalue weighted by molar-refractivity contribution is 5.85. The summed E-state index contributed by atoms with van der Waals surface area (Å²) in [7, 11) is 0. The predicted molar refractivity (Wildman–Crippen MR) is 85.1 cm³/mol. The average Bonchev–Trinajstić information content (AvgIpc) is 3.27. The Balaban J connectivity index is 0.00000200. The second-order valence-corrected chi connectivity index (χ2v) is 5.48. The van der Waals surface area contributed by atoms with Crippen LogP contribution < -0.4 is 11.1 Å². The maximum absolute atomic E-state index is 11.7. The zero-order valence-electron chi connectivity index (χ0n) is 12.1. The molecule has 1 aliphatic carbocycles. The summed E-state index contributed by atoms with van der Waals surface area (Å²) < 4.78 is 0. The molecule has 0 bridgehead atoms. The Hall–Kier alpha value is -1.06. The number of hydrogen-bond acceptors (Lipinski definition) is 2. The van der Waals surface area contributed by atoms with Gasteiger partial charge in [-0.3, -0.25) is 4.79 Å². The highest BCUT2D eigenvalue weighted by Gasteiger charge is 2.28. The van der Waals surface area contributed by atoms with Crippen LogP contribution in [0.25, 0.3) is 0 Å². The van der Waals surface area contributed by atoms with Gasteiger partial charge in [-0.1, -0.05) is 31.2 Å². The molecule has 3 nitrogen and oxygen atoms in total. The molecule has 1 amide bonds. The van der Waals surface area contributed by atoms with Gasteiger partial charge >= 0.3 is 0 Å². The first-order valence-corrected chi connectivity index (χ1v) is 7.29. The first kappa shape index (κ1) is 17.0. The van der Waals surface area contributed by atoms with Crippen molar-refractivity contribution in [3.05, 3.63) is 35.4 Å². The second kappa shape index (κ2) is 8.28. The predicted octanol–water partition coefficient (Wildman–Crippen LogP) is 2.46. The molecule has 1 aromatic carbocycles. The number of amides is 1. The molecular formula is C16H25ClN2O. The lowest BCUT2D eigenvalue weighted by molar-refractivity contribution is -0.121. The highest BCUT2D eigenvalue weighted by Crippen LogP contribution is 2.31. The third-order valence-corrected chi connectivity index (χ3v) is 3.83. The van der Waals surface area contributed by atoms with Crippen LogP contribution in [0.4, 0.5) is 0 Å². The van der Waals surface area contributed by atoms with Crippen LogP contribution in [0.15, 0.2) is 24.3 Å². The summed E-state index contributed by atoms with van der Waals surface area (Å²) >= 11 is 0. The number of nitrogens with one attached hydrogen (secondary N) is 1. The number of nitrogens with two attached hydrogens (primary N) is 1. The molecule has 20 heavy (non-hydrogen) atoms. The molecule has 4 heteroatoms. The molecule has 112 valence electrons. The van der Waals surface area contributed by atoms with E-state index in [2.05, 4.69) is 36.5 Å². The van der Waals surface area contributed by atoms with E-state index in [4.69, 9.17) is 5.73 Å². The zero-order chi connectivity index (χ0) is 13.7. The molecule has 1 saturated carbocycles. The van der Waals surface area contributed by atoms with Crippen LogP contribution in [0.5, 0.6) is 0 Å². The van der Waals surface area contributed by atoms with Gasteiger partial charge in [0, 0.05) is 19.0 Å². The third kappa shape index (κ3) is 5.51. The number of carbonyl (C=O) groups is 1. The van der Waals surface area contributed by atoms with Crippen LogP contribution >= 0.6 is 12.4 Å². The van der Waals surface area contributed by atoms with Crippen LogP contribution in [0, 0.1) is 5.92 Å². The SMILES string of the molecule is CCc1ccc(CCC(=O)NCC(N)C2CC2)cc1.Cl. The topological polar surface area (TPSA) is 55.1 Å². The Morgan fingerprint density at radius 1 is 1.30 bits per heavy atom. The number of benzene rings is 1. The molecule has 1 fully saturated rings. The molecule has 1 unspecified atom stereocenters. The molecule has 0 heterocycles. The van der Waals surface area contributed by atoms with E-state index < -0.39 is 0 Å². The van der Waals surface area contributed by atoms with Gasteiger partial charge in [-0.25, -0.2) is 0 Å². The van der Waals surface area contributed by atoms with Crippen LogP contribution in [0.3, 0.4) is 0 Å². The number of hydrogen-bond donors (Lipinski definition) is 2. The Bertz CT molecular complexity index is 415. The lowest BCUT2D eigenvalue weighted by atomic mass is 10.1. The summed E-state index contributed by atoms with van der Waals surface area (Å²) in [5, 5.41) is 2.93. The van der Waals surface area contributed by atoms with E-state index in [0.717, 1.165) is 12.8 Å². The molecule has 0 aliphatic heterocycles. The van der Waals surface area contributed by atoms with Gasteiger partial charge in [-0.15, -0.1) is 12.4 Å². The summed E-state index contributed by atoms with van der Waals surface area (Å²) in [6.45, 7) is 2.77. The molecule has 1 aromatic rings. The highest BCUT2D eigenvalue weighted by atomic mass is 35.5. The van der Waals surface area contributed by atoms with E-state index >= 15 is 0 Å². The zero-order valence-corrected chi connectivity index (χ0v) is 12.9. The van der Waals surface area contributed by atoms with Crippen LogP contribution in [0.1, 0.15) is 37.3 Å². The van der Waals surface area contributed by atoms with E-state index in [-0.39, 0.29) is 24.4 Å². The number of rotatable bonds is 7. The van der Waals surface area contributed by atoms with Crippen molar-refractivity contribution in [2.24, 2.45) is 11.7 Å². The molecule has 0 aromatic heterocycles. The van der Waals surface area contributed by atoms with Gasteiger partial charge in [0.05, 0.1) is 0 Å². The fraction of sp³-hybridized carbons (Fsp3) is 0.562. The minimum absolute atomic E-state index is 0. The first-order chi connectivity index (χ1) is 9.19. The van der Waals surface area contributed by atoms with Crippen LogP contribution in [-0.4, -0.2) is 18.5 Å². The number of aryl methyl sites for hydroxylation is 2. The van der Waals surface area contributed by atoms with Crippen molar-refractivity contribution in [2.45, 2.75) is 45.1 Å². The Kier molecular flexibility index (Phi) is 7.03. The van der Waals surface area contributed by atoms with E-state index in [1.807, 2.05) is 0 Å². The van der Waals surface area contributed by atoms with Crippen molar-refractivity contribution in [3.63, 3.8) is 0 Å². The van der Waals surface area contributed by atoms with E-state index in [1.165, 1.54) is 24.0 Å². The normalized spacial score (nSPS) is 15.3. The molecule has 0 spiro atoms. The van der Waals surface area contributed by atoms with E-state index in [0.29, 0.717) is 18.9 Å². The monoisotopic (exact) mass is 296 g/mol. The third-order valence-electron chi connectivity index (χ3n) is 3.83. The average molecular weight is 297 g/mol. The fourth-order valence-electron chi connectivity index (χ4n) is 2.21. The largest absolute Gasteiger partial charge is 0.355 e. The van der Waals surface area contributed by atoms with Gasteiger partial charge < -0.3 is 11.1 Å². The molecule has 3 N–H and O–H groups in total. The molecule has 0 saturated heterocycles. The number of halogens is 1. The smallest absolute Gasteiger partial charge is 0.220 e. The number of carbonyl (C=O) groups excluding carboxylic acids is 1. The van der Waals surface area contributed by atoms with Crippen molar-refractivity contribution in [1.82, 2.24) is 5.32 Å². The Labute approximate surface area is 127 Å². The second-order valence-electron chi connectivity index (χ2n) is 5.48. The van der Waals surface area contributed by atoms with Gasteiger partial charge in [0.1, 0.15) is 0 Å². The molecule has 2 rings (SSSR count). The van der Waals surface area contributed by atoms with Crippen molar-refractivity contribution >= 4 is 18.3 Å². The summed E-state index contributed by atoms with van der Waals surface area (Å²) in [5.74, 6) is 0.748. The van der Waals surface area contributed by atoms with E-state index in [1.54, 1.807) is 0 Å². The van der Waals surface area contributed by atoms with Crippen molar-refractivity contribution in [2.75, 3.05) is 6.54 Å². The van der Waals surface area contributed by atoms with Gasteiger partial charge in [0.2, 0.25) is 5.91 Å². The summed E-state index contributed by atoms with van der Waals surface area (Å²) in [4.78, 5) is 11.7. The van der Waals surface area contributed by atoms with Crippen LogP contribution in [0.2, 0.25) is 0 Å². The van der Waals surface area contributed by atoms with Gasteiger partial charge in [0.15, 0.2) is 0 Å². The quantitative estimate of drug-likeness (QED) is 0.812. The van der Waals surface area contributed by atoms with Crippen molar-refractivity contribution in [3.8, 4) is 0 Å². The minimum Gasteiger partial charge on any atom is -0.355 e. The Morgan fingerprint density at radius 2 is 1.90 bits per heavy atom. The lowest BCUT2D eigenvalue weighted by Crippen LogP contribution is -2.38. The minimum atomic E-state index is 0. The van der Waals surface area contributed by atoms with Gasteiger partial charge in [0.25, 0.3) is 0 Å². The summed E-state index contributed by atoms with van der Waals surface area (Å²) in [6.07, 6.45) is 4.85.